The largest absolute Gasteiger partial charge is 0.466 e. The number of methoxy groups -OCH3 is 1. The van der Waals surface area contributed by atoms with Crippen LogP contribution in [0.25, 0.3) is 0 Å². The first-order valence-corrected chi connectivity index (χ1v) is 11.2. The molecule has 0 aromatic carbocycles. The fourth-order valence-corrected chi connectivity index (χ4v) is 4.31. The molecule has 2 N–H and O–H groups in total. The van der Waals surface area contributed by atoms with Crippen LogP contribution in [0.4, 0.5) is 0 Å². The summed E-state index contributed by atoms with van der Waals surface area (Å²) in [5.41, 5.74) is -0.843. The van der Waals surface area contributed by atoms with Gasteiger partial charge in [-0.3, -0.25) is 4.79 Å². The van der Waals surface area contributed by atoms with E-state index in [0.717, 1.165) is 64.2 Å². The van der Waals surface area contributed by atoms with Gasteiger partial charge in [0.15, 0.2) is 0 Å². The van der Waals surface area contributed by atoms with Crippen LogP contribution < -0.4 is 0 Å². The third kappa shape index (κ3) is 9.26. The first-order chi connectivity index (χ1) is 13.9. The van der Waals surface area contributed by atoms with Crippen LogP contribution in [0.5, 0.6) is 0 Å². The summed E-state index contributed by atoms with van der Waals surface area (Å²) < 4.78 is 4.55. The van der Waals surface area contributed by atoms with Crippen LogP contribution in [0, 0.1) is 11.8 Å². The van der Waals surface area contributed by atoms with E-state index in [1.54, 1.807) is 12.2 Å². The predicted molar refractivity (Wildman–Crippen MR) is 115 cm³/mol. The zero-order valence-corrected chi connectivity index (χ0v) is 18.3. The molecule has 5 nitrogen and oxygen atoms in total. The van der Waals surface area contributed by atoms with Crippen molar-refractivity contribution < 1.29 is 24.5 Å². The van der Waals surface area contributed by atoms with Crippen LogP contribution in [0.3, 0.4) is 0 Å². The zero-order chi connectivity index (χ0) is 21.7. The first-order valence-electron chi connectivity index (χ1n) is 11.2. The molecule has 5 heteroatoms. The molecule has 1 aliphatic carbocycles. The molecule has 0 aliphatic heterocycles. The van der Waals surface area contributed by atoms with E-state index in [1.807, 2.05) is 0 Å². The van der Waals surface area contributed by atoms with Crippen molar-refractivity contribution in [2.24, 2.45) is 11.8 Å². The molecule has 0 spiro atoms. The van der Waals surface area contributed by atoms with Gasteiger partial charge in [0.25, 0.3) is 0 Å². The van der Waals surface area contributed by atoms with Gasteiger partial charge in [-0.05, 0) is 50.9 Å². The number of ketones is 1. The third-order valence-electron chi connectivity index (χ3n) is 6.17. The third-order valence-corrected chi connectivity index (χ3v) is 6.17. The SMILES string of the molecule is C=CC(O)(CCCCC)CCC[C@H]1[C@H](O)CC(=O)[C@@H]1CCCCC=CC(=O)OC. The van der Waals surface area contributed by atoms with Crippen molar-refractivity contribution in [2.75, 3.05) is 7.11 Å². The highest BCUT2D eigenvalue weighted by molar-refractivity contribution is 5.84. The fourth-order valence-electron chi connectivity index (χ4n) is 4.31. The van der Waals surface area contributed by atoms with E-state index in [1.165, 1.54) is 13.2 Å². The molecular weight excluding hydrogens is 368 g/mol. The maximum atomic E-state index is 12.3. The van der Waals surface area contributed by atoms with Gasteiger partial charge < -0.3 is 14.9 Å². The number of hydrogen-bond donors (Lipinski definition) is 2. The summed E-state index contributed by atoms with van der Waals surface area (Å²) in [4.78, 5) is 23.4. The predicted octanol–water partition coefficient (Wildman–Crippen LogP) is 4.51. The van der Waals surface area contributed by atoms with E-state index in [0.29, 0.717) is 6.42 Å². The molecule has 4 atom stereocenters. The molecule has 1 fully saturated rings. The molecular formula is C24H40O5. The highest BCUT2D eigenvalue weighted by atomic mass is 16.5. The average molecular weight is 409 g/mol. The Morgan fingerprint density at radius 2 is 1.93 bits per heavy atom. The smallest absolute Gasteiger partial charge is 0.330 e. The second kappa shape index (κ2) is 13.7. The van der Waals surface area contributed by atoms with Gasteiger partial charge >= 0.3 is 5.97 Å². The van der Waals surface area contributed by atoms with E-state index in [4.69, 9.17) is 0 Å². The standard InChI is InChI=1S/C24H40O5/c1-4-6-11-16-24(28,5-2)17-12-14-20-19(21(25)18-22(20)26)13-9-7-8-10-15-23(27)29-3/h5,10,15,19-20,22,26,28H,2,4,6-9,11-14,16-18H2,1,3H3/t19-,20-,22-,24?/m1/s1. The van der Waals surface area contributed by atoms with Gasteiger partial charge in [-0.15, -0.1) is 6.58 Å². The summed E-state index contributed by atoms with van der Waals surface area (Å²) in [5.74, 6) is -0.299. The highest BCUT2D eigenvalue weighted by Gasteiger charge is 2.40. The Hall–Kier alpha value is -1.46. The van der Waals surface area contributed by atoms with Crippen LogP contribution in [0.15, 0.2) is 24.8 Å². The summed E-state index contributed by atoms with van der Waals surface area (Å²) in [6.07, 6.45) is 14.0. The van der Waals surface area contributed by atoms with Crippen LogP contribution in [-0.4, -0.2) is 40.8 Å². The number of esters is 1. The Kier molecular flexibility index (Phi) is 12.1. The molecule has 1 saturated carbocycles. The van der Waals surface area contributed by atoms with E-state index < -0.39 is 11.7 Å². The average Bonchev–Trinajstić information content (AvgIpc) is 2.97. The molecule has 0 bridgehead atoms. The zero-order valence-electron chi connectivity index (χ0n) is 18.3. The van der Waals surface area contributed by atoms with Crippen molar-refractivity contribution in [1.82, 2.24) is 0 Å². The van der Waals surface area contributed by atoms with E-state index >= 15 is 0 Å². The van der Waals surface area contributed by atoms with Crippen molar-refractivity contribution >= 4 is 11.8 Å². The summed E-state index contributed by atoms with van der Waals surface area (Å²) in [7, 11) is 1.35. The minimum atomic E-state index is -0.843. The Labute approximate surface area is 176 Å². The molecule has 1 unspecified atom stereocenters. The Morgan fingerprint density at radius 1 is 1.21 bits per heavy atom. The quantitative estimate of drug-likeness (QED) is 0.180. The molecule has 1 rings (SSSR count). The lowest BCUT2D eigenvalue weighted by molar-refractivity contribution is -0.134. The van der Waals surface area contributed by atoms with Gasteiger partial charge in [0.2, 0.25) is 0 Å². The first kappa shape index (κ1) is 25.6. The number of carbonyl (C=O) groups is 2. The molecule has 1 aliphatic rings. The van der Waals surface area contributed by atoms with Crippen molar-refractivity contribution in [1.29, 1.82) is 0 Å². The number of Topliss-reactive ketones (excluding diaryl/α,β-unsaturated/α-hetero) is 1. The van der Waals surface area contributed by atoms with Gasteiger partial charge in [-0.1, -0.05) is 44.8 Å². The Balaban J connectivity index is 2.43. The lowest BCUT2D eigenvalue weighted by atomic mass is 9.83. The Morgan fingerprint density at radius 3 is 2.59 bits per heavy atom. The molecule has 166 valence electrons. The molecule has 0 heterocycles. The number of aliphatic hydroxyl groups is 2. The molecule has 0 amide bonds. The molecule has 0 saturated heterocycles. The topological polar surface area (TPSA) is 83.8 Å². The minimum Gasteiger partial charge on any atom is -0.466 e. The molecule has 0 aromatic rings. The van der Waals surface area contributed by atoms with Crippen LogP contribution in [0.2, 0.25) is 0 Å². The lowest BCUT2D eigenvalue weighted by Gasteiger charge is -2.26. The normalized spacial score (nSPS) is 24.0. The second-order valence-electron chi connectivity index (χ2n) is 8.38. The second-order valence-corrected chi connectivity index (χ2v) is 8.38. The van der Waals surface area contributed by atoms with Crippen molar-refractivity contribution in [3.05, 3.63) is 24.8 Å². The van der Waals surface area contributed by atoms with Crippen LogP contribution in [0.1, 0.15) is 84.0 Å². The number of rotatable bonds is 15. The van der Waals surface area contributed by atoms with Crippen molar-refractivity contribution in [2.45, 2.75) is 95.7 Å². The van der Waals surface area contributed by atoms with Crippen LogP contribution >= 0.6 is 0 Å². The number of unbranched alkanes of at least 4 members (excludes halogenated alkanes) is 4. The van der Waals surface area contributed by atoms with E-state index in [2.05, 4.69) is 18.2 Å². The monoisotopic (exact) mass is 408 g/mol. The van der Waals surface area contributed by atoms with Gasteiger partial charge in [-0.25, -0.2) is 4.79 Å². The summed E-state index contributed by atoms with van der Waals surface area (Å²) in [6.45, 7) is 5.94. The van der Waals surface area contributed by atoms with Crippen molar-refractivity contribution in [3.8, 4) is 0 Å². The van der Waals surface area contributed by atoms with Gasteiger partial charge in [0.1, 0.15) is 5.78 Å². The highest BCUT2D eigenvalue weighted by Crippen LogP contribution is 2.37. The molecule has 0 radical (unpaired) electrons. The minimum absolute atomic E-state index is 0.0159. The number of carbonyl (C=O) groups excluding carboxylic acids is 2. The number of hydrogen-bond acceptors (Lipinski definition) is 5. The lowest BCUT2D eigenvalue weighted by Crippen LogP contribution is -2.27. The summed E-state index contributed by atoms with van der Waals surface area (Å²) >= 11 is 0. The van der Waals surface area contributed by atoms with Gasteiger partial charge in [-0.2, -0.15) is 0 Å². The number of allylic oxidation sites excluding steroid dienone is 1. The number of ether oxygens (including phenoxy) is 1. The van der Waals surface area contributed by atoms with Crippen LogP contribution in [-0.2, 0) is 14.3 Å². The van der Waals surface area contributed by atoms with Gasteiger partial charge in [0, 0.05) is 18.4 Å². The van der Waals surface area contributed by atoms with E-state index in [-0.39, 0.29) is 30.0 Å². The molecule has 29 heavy (non-hydrogen) atoms. The number of aliphatic hydroxyl groups excluding tert-OH is 1. The summed E-state index contributed by atoms with van der Waals surface area (Å²) in [6, 6.07) is 0. The van der Waals surface area contributed by atoms with E-state index in [9.17, 15) is 19.8 Å². The summed E-state index contributed by atoms with van der Waals surface area (Å²) in [5, 5.41) is 21.1. The van der Waals surface area contributed by atoms with Gasteiger partial charge in [0.05, 0.1) is 18.8 Å². The Bertz CT molecular complexity index is 541. The van der Waals surface area contributed by atoms with Crippen molar-refractivity contribution in [3.63, 3.8) is 0 Å². The maximum absolute atomic E-state index is 12.3. The molecule has 0 aromatic heterocycles. The maximum Gasteiger partial charge on any atom is 0.330 e. The fraction of sp³-hybridized carbons (Fsp3) is 0.750.